The Bertz CT molecular complexity index is 557. The molecular formula is C13H18FNO3S. The molecule has 1 atom stereocenters. The summed E-state index contributed by atoms with van der Waals surface area (Å²) in [6.45, 7) is 2.22. The maximum absolute atomic E-state index is 13.6. The Morgan fingerprint density at radius 2 is 1.95 bits per heavy atom. The Morgan fingerprint density at radius 3 is 2.63 bits per heavy atom. The molecule has 1 aromatic carbocycles. The number of rotatable bonds is 2. The van der Waals surface area contributed by atoms with E-state index in [-0.39, 0.29) is 11.4 Å². The first-order valence-corrected chi connectivity index (χ1v) is 7.74. The van der Waals surface area contributed by atoms with Crippen molar-refractivity contribution < 1.29 is 17.9 Å². The molecule has 1 aliphatic rings. The van der Waals surface area contributed by atoms with Crippen LogP contribution in [0.25, 0.3) is 0 Å². The summed E-state index contributed by atoms with van der Waals surface area (Å²) in [7, 11) is -3.82. The van der Waals surface area contributed by atoms with E-state index >= 15 is 0 Å². The molecule has 4 nitrogen and oxygen atoms in total. The van der Waals surface area contributed by atoms with Crippen LogP contribution in [0.5, 0.6) is 0 Å². The standard InChI is InChI=1S/C13H18FNO3S/c1-13(16)7-4-9-15(10-8-13)19(17,18)12-6-3-2-5-11(12)14/h2-3,5-6,16H,4,7-10H2,1H3. The van der Waals surface area contributed by atoms with Gasteiger partial charge in [0, 0.05) is 13.1 Å². The number of halogens is 1. The fraction of sp³-hybridized carbons (Fsp3) is 0.538. The number of hydrogen-bond acceptors (Lipinski definition) is 3. The zero-order chi connectivity index (χ0) is 14.1. The average molecular weight is 287 g/mol. The highest BCUT2D eigenvalue weighted by Gasteiger charge is 2.32. The first kappa shape index (κ1) is 14.4. The molecule has 0 aliphatic carbocycles. The van der Waals surface area contributed by atoms with E-state index in [1.165, 1.54) is 22.5 Å². The van der Waals surface area contributed by atoms with Crippen LogP contribution in [0.2, 0.25) is 0 Å². The summed E-state index contributed by atoms with van der Waals surface area (Å²) in [6, 6.07) is 5.38. The molecule has 0 spiro atoms. The molecule has 1 aliphatic heterocycles. The van der Waals surface area contributed by atoms with E-state index in [0.29, 0.717) is 25.8 Å². The molecule has 1 N–H and O–H groups in total. The van der Waals surface area contributed by atoms with E-state index < -0.39 is 21.4 Å². The van der Waals surface area contributed by atoms with Crippen LogP contribution in [0.1, 0.15) is 26.2 Å². The lowest BCUT2D eigenvalue weighted by atomic mass is 9.98. The van der Waals surface area contributed by atoms with Crippen LogP contribution in [-0.2, 0) is 10.0 Å². The lowest BCUT2D eigenvalue weighted by Crippen LogP contribution is -2.34. The number of benzene rings is 1. The number of aliphatic hydroxyl groups is 1. The summed E-state index contributed by atoms with van der Waals surface area (Å²) in [5.74, 6) is -0.737. The summed E-state index contributed by atoms with van der Waals surface area (Å²) < 4.78 is 39.6. The molecule has 6 heteroatoms. The Balaban J connectivity index is 2.28. The topological polar surface area (TPSA) is 57.6 Å². The summed E-state index contributed by atoms with van der Waals surface area (Å²) in [4.78, 5) is -0.295. The maximum Gasteiger partial charge on any atom is 0.245 e. The summed E-state index contributed by atoms with van der Waals surface area (Å²) >= 11 is 0. The fourth-order valence-electron chi connectivity index (χ4n) is 2.27. The highest BCUT2D eigenvalue weighted by atomic mass is 32.2. The van der Waals surface area contributed by atoms with Gasteiger partial charge in [0.2, 0.25) is 10.0 Å². The molecule has 1 unspecified atom stereocenters. The molecule has 0 amide bonds. The minimum atomic E-state index is -3.82. The molecule has 0 bridgehead atoms. The zero-order valence-corrected chi connectivity index (χ0v) is 11.7. The zero-order valence-electron chi connectivity index (χ0n) is 10.8. The van der Waals surface area contributed by atoms with Crippen molar-refractivity contribution in [2.24, 2.45) is 0 Å². The third-order valence-electron chi connectivity index (χ3n) is 3.48. The molecule has 1 heterocycles. The predicted octanol–water partition coefficient (Wildman–Crippen LogP) is 1.75. The Kier molecular flexibility index (Phi) is 3.94. The van der Waals surface area contributed by atoms with Crippen molar-refractivity contribution in [1.29, 1.82) is 0 Å². The number of hydrogen-bond donors (Lipinski definition) is 1. The number of sulfonamides is 1. The van der Waals surface area contributed by atoms with Gasteiger partial charge in [-0.15, -0.1) is 0 Å². The smallest absolute Gasteiger partial charge is 0.245 e. The Morgan fingerprint density at radius 1 is 1.26 bits per heavy atom. The summed E-state index contributed by atoms with van der Waals surface area (Å²) in [6.07, 6.45) is 1.48. The van der Waals surface area contributed by atoms with Gasteiger partial charge in [-0.3, -0.25) is 0 Å². The first-order chi connectivity index (χ1) is 8.83. The summed E-state index contributed by atoms with van der Waals surface area (Å²) in [5, 5.41) is 9.97. The molecule has 0 radical (unpaired) electrons. The van der Waals surface area contributed by atoms with Crippen LogP contribution in [0.4, 0.5) is 4.39 Å². The van der Waals surface area contributed by atoms with Crippen LogP contribution < -0.4 is 0 Å². The number of nitrogens with zero attached hydrogens (tertiary/aromatic N) is 1. The maximum atomic E-state index is 13.6. The van der Waals surface area contributed by atoms with E-state index in [2.05, 4.69) is 0 Å². The van der Waals surface area contributed by atoms with Gasteiger partial charge in [0.1, 0.15) is 10.7 Å². The van der Waals surface area contributed by atoms with Crippen molar-refractivity contribution in [3.05, 3.63) is 30.1 Å². The van der Waals surface area contributed by atoms with Crippen molar-refractivity contribution in [1.82, 2.24) is 4.31 Å². The second-order valence-electron chi connectivity index (χ2n) is 5.19. The van der Waals surface area contributed by atoms with Crippen LogP contribution in [0, 0.1) is 5.82 Å². The lowest BCUT2D eigenvalue weighted by molar-refractivity contribution is 0.0465. The fourth-order valence-corrected chi connectivity index (χ4v) is 3.82. The lowest BCUT2D eigenvalue weighted by Gasteiger charge is -2.22. The van der Waals surface area contributed by atoms with Crippen molar-refractivity contribution in [3.8, 4) is 0 Å². The molecule has 1 saturated heterocycles. The van der Waals surface area contributed by atoms with Gasteiger partial charge in [-0.1, -0.05) is 12.1 Å². The van der Waals surface area contributed by atoms with E-state index in [9.17, 15) is 17.9 Å². The quantitative estimate of drug-likeness (QED) is 0.901. The van der Waals surface area contributed by atoms with Crippen LogP contribution in [0.3, 0.4) is 0 Å². The second-order valence-corrected chi connectivity index (χ2v) is 7.09. The molecule has 1 aromatic rings. The van der Waals surface area contributed by atoms with E-state index in [4.69, 9.17) is 0 Å². The second kappa shape index (κ2) is 5.19. The first-order valence-electron chi connectivity index (χ1n) is 6.30. The highest BCUT2D eigenvalue weighted by Crippen LogP contribution is 2.26. The molecule has 0 aromatic heterocycles. The van der Waals surface area contributed by atoms with Gasteiger partial charge in [0.25, 0.3) is 0 Å². The normalized spacial score (nSPS) is 26.1. The van der Waals surface area contributed by atoms with Crippen LogP contribution in [0.15, 0.2) is 29.2 Å². The van der Waals surface area contributed by atoms with Gasteiger partial charge in [-0.2, -0.15) is 4.31 Å². The average Bonchev–Trinajstić information content (AvgIpc) is 2.51. The van der Waals surface area contributed by atoms with Gasteiger partial charge in [-0.05, 0) is 38.3 Å². The van der Waals surface area contributed by atoms with Gasteiger partial charge < -0.3 is 5.11 Å². The molecule has 2 rings (SSSR count). The monoisotopic (exact) mass is 287 g/mol. The van der Waals surface area contributed by atoms with E-state index in [1.54, 1.807) is 6.92 Å². The van der Waals surface area contributed by atoms with E-state index in [0.717, 1.165) is 6.07 Å². The van der Waals surface area contributed by atoms with Gasteiger partial charge >= 0.3 is 0 Å². The highest BCUT2D eigenvalue weighted by molar-refractivity contribution is 7.89. The Labute approximate surface area is 112 Å². The van der Waals surface area contributed by atoms with E-state index in [1.807, 2.05) is 0 Å². The Hall–Kier alpha value is -0.980. The molecule has 106 valence electrons. The van der Waals surface area contributed by atoms with Crippen LogP contribution in [-0.4, -0.2) is 36.5 Å². The third kappa shape index (κ3) is 3.13. The van der Waals surface area contributed by atoms with Gasteiger partial charge in [0.05, 0.1) is 5.60 Å². The largest absolute Gasteiger partial charge is 0.390 e. The molecule has 1 fully saturated rings. The molecule has 19 heavy (non-hydrogen) atoms. The van der Waals surface area contributed by atoms with Gasteiger partial charge in [0.15, 0.2) is 0 Å². The molecule has 0 saturated carbocycles. The minimum Gasteiger partial charge on any atom is -0.390 e. The van der Waals surface area contributed by atoms with Crippen molar-refractivity contribution in [3.63, 3.8) is 0 Å². The van der Waals surface area contributed by atoms with Crippen molar-refractivity contribution in [2.75, 3.05) is 13.1 Å². The van der Waals surface area contributed by atoms with Gasteiger partial charge in [-0.25, -0.2) is 12.8 Å². The third-order valence-corrected chi connectivity index (χ3v) is 5.41. The van der Waals surface area contributed by atoms with Crippen molar-refractivity contribution >= 4 is 10.0 Å². The van der Waals surface area contributed by atoms with Crippen LogP contribution >= 0.6 is 0 Å². The predicted molar refractivity (Wildman–Crippen MR) is 69.6 cm³/mol. The SMILES string of the molecule is CC1(O)CCCN(S(=O)(=O)c2ccccc2F)CC1. The minimum absolute atomic E-state index is 0.212. The molecular weight excluding hydrogens is 269 g/mol. The summed E-state index contributed by atoms with van der Waals surface area (Å²) in [5.41, 5.74) is -0.848. The van der Waals surface area contributed by atoms with Crippen molar-refractivity contribution in [2.45, 2.75) is 36.7 Å².